The molecule has 2 heterocycles. The van der Waals surface area contributed by atoms with Gasteiger partial charge in [0.1, 0.15) is 0 Å². The van der Waals surface area contributed by atoms with Gasteiger partial charge in [-0.3, -0.25) is 0 Å². The molecule has 0 radical (unpaired) electrons. The Kier molecular flexibility index (Phi) is 3.51. The molecule has 0 amide bonds. The van der Waals surface area contributed by atoms with Crippen LogP contribution in [-0.2, 0) is 6.54 Å². The predicted octanol–water partition coefficient (Wildman–Crippen LogP) is 1.27. The third-order valence-corrected chi connectivity index (χ3v) is 2.78. The lowest BCUT2D eigenvalue weighted by atomic mass is 10.2. The summed E-state index contributed by atoms with van der Waals surface area (Å²) in [7, 11) is 1.93. The molecule has 16 heavy (non-hydrogen) atoms. The monoisotopic (exact) mass is 218 g/mol. The summed E-state index contributed by atoms with van der Waals surface area (Å²) < 4.78 is 0. The normalized spacial score (nSPS) is 15.5. The van der Waals surface area contributed by atoms with Crippen molar-refractivity contribution in [2.45, 2.75) is 19.9 Å². The van der Waals surface area contributed by atoms with Crippen LogP contribution in [-0.4, -0.2) is 30.1 Å². The Morgan fingerprint density at radius 3 is 2.94 bits per heavy atom. The fraction of sp³-hybridized carbons (Fsp3) is 0.500. The van der Waals surface area contributed by atoms with Gasteiger partial charge >= 0.3 is 0 Å². The molecule has 0 saturated carbocycles. The molecule has 1 aliphatic rings. The lowest BCUT2D eigenvalue weighted by Crippen LogP contribution is -2.29. The average Bonchev–Trinajstić information content (AvgIpc) is 2.33. The van der Waals surface area contributed by atoms with Gasteiger partial charge in [0, 0.05) is 37.1 Å². The van der Waals surface area contributed by atoms with E-state index in [9.17, 15) is 0 Å². The molecule has 0 aliphatic carbocycles. The maximum atomic E-state index is 4.56. The second kappa shape index (κ2) is 5.07. The number of hydrogen-bond acceptors (Lipinski definition) is 4. The van der Waals surface area contributed by atoms with Crippen molar-refractivity contribution in [1.82, 2.24) is 15.3 Å². The number of anilines is 1. The van der Waals surface area contributed by atoms with Gasteiger partial charge in [-0.2, -0.15) is 0 Å². The molecule has 0 unspecified atom stereocenters. The summed E-state index contributed by atoms with van der Waals surface area (Å²) in [4.78, 5) is 11.2. The topological polar surface area (TPSA) is 41.1 Å². The summed E-state index contributed by atoms with van der Waals surface area (Å²) in [5, 5.41) is 3.12. The van der Waals surface area contributed by atoms with Crippen LogP contribution in [0.2, 0.25) is 0 Å². The van der Waals surface area contributed by atoms with Crippen LogP contribution < -0.4 is 10.2 Å². The van der Waals surface area contributed by atoms with Crippen molar-refractivity contribution in [2.75, 3.05) is 25.0 Å². The van der Waals surface area contributed by atoms with Crippen LogP contribution in [0.25, 0.3) is 0 Å². The summed E-state index contributed by atoms with van der Waals surface area (Å²) >= 11 is 0. The standard InChI is InChI=1S/C12H18N4/c1-10-11(8-13-2)9-14-12(15-10)16-6-4-3-5-7-16/h3-4,9,13H,5-8H2,1-2H3. The summed E-state index contributed by atoms with van der Waals surface area (Å²) in [6, 6.07) is 0. The predicted molar refractivity (Wildman–Crippen MR) is 65.5 cm³/mol. The van der Waals surface area contributed by atoms with Crippen LogP contribution in [0.4, 0.5) is 5.95 Å². The molecule has 0 fully saturated rings. The Morgan fingerprint density at radius 1 is 1.44 bits per heavy atom. The van der Waals surface area contributed by atoms with Gasteiger partial charge in [-0.15, -0.1) is 0 Å². The molecule has 4 nitrogen and oxygen atoms in total. The van der Waals surface area contributed by atoms with Crippen LogP contribution >= 0.6 is 0 Å². The number of nitrogens with zero attached hydrogens (tertiary/aromatic N) is 3. The minimum atomic E-state index is 0.825. The van der Waals surface area contributed by atoms with Gasteiger partial charge in [-0.1, -0.05) is 12.2 Å². The Balaban J connectivity index is 2.16. The maximum Gasteiger partial charge on any atom is 0.225 e. The van der Waals surface area contributed by atoms with Crippen LogP contribution in [0.15, 0.2) is 18.3 Å². The lowest BCUT2D eigenvalue weighted by molar-refractivity contribution is 0.762. The van der Waals surface area contributed by atoms with Gasteiger partial charge in [0.15, 0.2) is 0 Å². The lowest BCUT2D eigenvalue weighted by Gasteiger charge is -2.23. The zero-order chi connectivity index (χ0) is 11.4. The first-order chi connectivity index (χ1) is 7.81. The van der Waals surface area contributed by atoms with Crippen molar-refractivity contribution in [3.05, 3.63) is 29.6 Å². The first-order valence-corrected chi connectivity index (χ1v) is 5.68. The van der Waals surface area contributed by atoms with Crippen molar-refractivity contribution >= 4 is 5.95 Å². The smallest absolute Gasteiger partial charge is 0.225 e. The minimum absolute atomic E-state index is 0.825. The van der Waals surface area contributed by atoms with Gasteiger partial charge in [-0.05, 0) is 20.4 Å². The van der Waals surface area contributed by atoms with Gasteiger partial charge in [-0.25, -0.2) is 9.97 Å². The fourth-order valence-electron chi connectivity index (χ4n) is 1.82. The molecule has 4 heteroatoms. The Labute approximate surface area is 96.4 Å². The zero-order valence-corrected chi connectivity index (χ0v) is 9.90. The van der Waals surface area contributed by atoms with Crippen molar-refractivity contribution < 1.29 is 0 Å². The molecule has 0 spiro atoms. The van der Waals surface area contributed by atoms with Crippen LogP contribution in [0.3, 0.4) is 0 Å². The van der Waals surface area contributed by atoms with Crippen molar-refractivity contribution in [3.63, 3.8) is 0 Å². The summed E-state index contributed by atoms with van der Waals surface area (Å²) in [5.74, 6) is 0.849. The molecule has 0 bridgehead atoms. The highest BCUT2D eigenvalue weighted by molar-refractivity contribution is 5.35. The Morgan fingerprint density at radius 2 is 2.31 bits per heavy atom. The first-order valence-electron chi connectivity index (χ1n) is 5.68. The van der Waals surface area contributed by atoms with E-state index in [2.05, 4.69) is 32.3 Å². The van der Waals surface area contributed by atoms with E-state index in [-0.39, 0.29) is 0 Å². The molecular formula is C12H18N4. The molecule has 1 aromatic rings. The Hall–Kier alpha value is -1.42. The molecule has 2 rings (SSSR count). The molecule has 86 valence electrons. The van der Waals surface area contributed by atoms with Crippen LogP contribution in [0, 0.1) is 6.92 Å². The van der Waals surface area contributed by atoms with Crippen LogP contribution in [0.1, 0.15) is 17.7 Å². The third kappa shape index (κ3) is 2.39. The Bertz CT molecular complexity index is 387. The largest absolute Gasteiger partial charge is 0.337 e. The molecule has 0 atom stereocenters. The maximum absolute atomic E-state index is 4.56. The van der Waals surface area contributed by atoms with E-state index in [4.69, 9.17) is 0 Å². The molecule has 0 saturated heterocycles. The number of hydrogen-bond donors (Lipinski definition) is 1. The van der Waals surface area contributed by atoms with Crippen molar-refractivity contribution in [2.24, 2.45) is 0 Å². The molecule has 1 aliphatic heterocycles. The summed E-state index contributed by atoms with van der Waals surface area (Å²) in [6.45, 7) is 4.80. The highest BCUT2D eigenvalue weighted by Crippen LogP contribution is 2.13. The SMILES string of the molecule is CNCc1cnc(N2CC=CCC2)nc1C. The van der Waals surface area contributed by atoms with Gasteiger partial charge in [0.2, 0.25) is 5.95 Å². The molecule has 1 aromatic heterocycles. The minimum Gasteiger partial charge on any atom is -0.337 e. The van der Waals surface area contributed by atoms with E-state index in [0.717, 1.165) is 37.7 Å². The highest BCUT2D eigenvalue weighted by atomic mass is 15.2. The van der Waals surface area contributed by atoms with E-state index < -0.39 is 0 Å². The quantitative estimate of drug-likeness (QED) is 0.776. The van der Waals surface area contributed by atoms with E-state index in [0.29, 0.717) is 0 Å². The number of aryl methyl sites for hydroxylation is 1. The average molecular weight is 218 g/mol. The first kappa shape index (κ1) is 11.1. The van der Waals surface area contributed by atoms with Crippen LogP contribution in [0.5, 0.6) is 0 Å². The number of nitrogens with one attached hydrogen (secondary N) is 1. The summed E-state index contributed by atoms with van der Waals surface area (Å²) in [6.07, 6.45) is 7.38. The van der Waals surface area contributed by atoms with Crippen molar-refractivity contribution in [1.29, 1.82) is 0 Å². The van der Waals surface area contributed by atoms with E-state index in [1.165, 1.54) is 5.56 Å². The van der Waals surface area contributed by atoms with Gasteiger partial charge < -0.3 is 10.2 Å². The van der Waals surface area contributed by atoms with E-state index in [1.807, 2.05) is 20.2 Å². The zero-order valence-electron chi connectivity index (χ0n) is 9.90. The number of aromatic nitrogens is 2. The summed E-state index contributed by atoms with van der Waals surface area (Å²) in [5.41, 5.74) is 2.23. The van der Waals surface area contributed by atoms with Gasteiger partial charge in [0.05, 0.1) is 0 Å². The van der Waals surface area contributed by atoms with Gasteiger partial charge in [0.25, 0.3) is 0 Å². The highest BCUT2D eigenvalue weighted by Gasteiger charge is 2.11. The molecule has 1 N–H and O–H groups in total. The second-order valence-corrected chi connectivity index (χ2v) is 4.02. The third-order valence-electron chi connectivity index (χ3n) is 2.78. The second-order valence-electron chi connectivity index (χ2n) is 4.02. The van der Waals surface area contributed by atoms with Crippen molar-refractivity contribution in [3.8, 4) is 0 Å². The molecular weight excluding hydrogens is 200 g/mol. The van der Waals surface area contributed by atoms with E-state index in [1.54, 1.807) is 0 Å². The van der Waals surface area contributed by atoms with E-state index >= 15 is 0 Å². The fourth-order valence-corrected chi connectivity index (χ4v) is 1.82. The number of rotatable bonds is 3. The molecule has 0 aromatic carbocycles.